The van der Waals surface area contributed by atoms with Gasteiger partial charge >= 0.3 is 6.03 Å². The highest BCUT2D eigenvalue weighted by Gasteiger charge is 2.16. The minimum atomic E-state index is 0.0289. The molecular weight excluding hydrogens is 194 g/mol. The first kappa shape index (κ1) is 12.3. The summed E-state index contributed by atoms with van der Waals surface area (Å²) in [5.41, 5.74) is 0. The second-order valence-electron chi connectivity index (χ2n) is 3.95. The quantitative estimate of drug-likeness (QED) is 0.687. The summed E-state index contributed by atoms with van der Waals surface area (Å²) in [5.74, 6) is 0.458. The van der Waals surface area contributed by atoms with Crippen LogP contribution < -0.4 is 10.6 Å². The van der Waals surface area contributed by atoms with Crippen LogP contribution in [0.15, 0.2) is 0 Å². The summed E-state index contributed by atoms with van der Waals surface area (Å²) < 4.78 is 5.18. The van der Waals surface area contributed by atoms with Crippen molar-refractivity contribution < 1.29 is 9.53 Å². The van der Waals surface area contributed by atoms with Gasteiger partial charge in [-0.15, -0.1) is 0 Å². The molecule has 1 rings (SSSR count). The average Bonchev–Trinajstić information content (AvgIpc) is 2.27. The normalized spacial score (nSPS) is 18.7. The van der Waals surface area contributed by atoms with Gasteiger partial charge in [-0.05, 0) is 19.5 Å². The Bertz CT molecular complexity index is 193. The largest absolute Gasteiger partial charge is 0.378 e. The van der Waals surface area contributed by atoms with Crippen molar-refractivity contribution in [1.82, 2.24) is 15.5 Å². The zero-order valence-electron chi connectivity index (χ0n) is 9.58. The molecule has 0 spiro atoms. The number of hydrogen-bond donors (Lipinski definition) is 2. The van der Waals surface area contributed by atoms with Gasteiger partial charge in [0.2, 0.25) is 0 Å². The number of carbonyl (C=O) groups excluding carboxylic acids is 1. The molecule has 88 valence electrons. The number of nitrogens with one attached hydrogen (secondary N) is 2. The molecule has 0 aromatic heterocycles. The third-order valence-corrected chi connectivity index (χ3v) is 2.45. The number of nitrogens with zero attached hydrogens (tertiary/aromatic N) is 1. The summed E-state index contributed by atoms with van der Waals surface area (Å²) in [6, 6.07) is 0.0289. The Hall–Kier alpha value is -0.810. The van der Waals surface area contributed by atoms with Gasteiger partial charge in [-0.25, -0.2) is 4.79 Å². The van der Waals surface area contributed by atoms with Crippen molar-refractivity contribution in [2.24, 2.45) is 5.92 Å². The van der Waals surface area contributed by atoms with E-state index in [1.165, 1.54) is 0 Å². The number of carbonyl (C=O) groups is 1. The smallest absolute Gasteiger partial charge is 0.317 e. The van der Waals surface area contributed by atoms with Crippen molar-refractivity contribution in [3.63, 3.8) is 0 Å². The molecule has 5 nitrogen and oxygen atoms in total. The fraction of sp³-hybridized carbons (Fsp3) is 0.900. The number of morpholine rings is 1. The van der Waals surface area contributed by atoms with Gasteiger partial charge in [0.25, 0.3) is 0 Å². The fourth-order valence-corrected chi connectivity index (χ4v) is 1.56. The molecule has 1 fully saturated rings. The van der Waals surface area contributed by atoms with Crippen LogP contribution in [0.3, 0.4) is 0 Å². The van der Waals surface area contributed by atoms with E-state index >= 15 is 0 Å². The lowest BCUT2D eigenvalue weighted by Gasteiger charge is -2.27. The molecule has 0 bridgehead atoms. The van der Waals surface area contributed by atoms with Gasteiger partial charge in [-0.2, -0.15) is 0 Å². The highest BCUT2D eigenvalue weighted by Crippen LogP contribution is 1.97. The fourth-order valence-electron chi connectivity index (χ4n) is 1.56. The first-order valence-corrected chi connectivity index (χ1v) is 5.49. The van der Waals surface area contributed by atoms with Crippen LogP contribution in [-0.4, -0.2) is 57.4 Å². The number of rotatable bonds is 4. The van der Waals surface area contributed by atoms with E-state index in [1.54, 1.807) is 4.90 Å². The van der Waals surface area contributed by atoms with Crippen LogP contribution in [0.2, 0.25) is 0 Å². The minimum Gasteiger partial charge on any atom is -0.378 e. The molecule has 0 aromatic rings. The molecule has 1 heterocycles. The molecule has 1 aliphatic heterocycles. The Balaban J connectivity index is 2.16. The maximum absolute atomic E-state index is 11.6. The van der Waals surface area contributed by atoms with Crippen LogP contribution in [0.1, 0.15) is 6.92 Å². The molecule has 2 amide bonds. The zero-order valence-corrected chi connectivity index (χ0v) is 9.58. The molecule has 5 heteroatoms. The predicted octanol–water partition coefficient (Wildman–Crippen LogP) is -0.116. The molecule has 1 saturated heterocycles. The lowest BCUT2D eigenvalue weighted by atomic mass is 10.2. The van der Waals surface area contributed by atoms with E-state index in [4.69, 9.17) is 4.74 Å². The van der Waals surface area contributed by atoms with Crippen molar-refractivity contribution in [2.45, 2.75) is 6.92 Å². The van der Waals surface area contributed by atoms with Crippen molar-refractivity contribution in [3.05, 3.63) is 0 Å². The summed E-state index contributed by atoms with van der Waals surface area (Å²) in [4.78, 5) is 13.4. The van der Waals surface area contributed by atoms with E-state index in [-0.39, 0.29) is 6.03 Å². The molecule has 0 radical (unpaired) electrons. The van der Waals surface area contributed by atoms with Crippen molar-refractivity contribution >= 4 is 6.03 Å². The summed E-state index contributed by atoms with van der Waals surface area (Å²) in [7, 11) is 1.92. The minimum absolute atomic E-state index is 0.0289. The van der Waals surface area contributed by atoms with E-state index in [1.807, 2.05) is 7.05 Å². The summed E-state index contributed by atoms with van der Waals surface area (Å²) in [6.45, 7) is 6.45. The van der Waals surface area contributed by atoms with E-state index in [0.29, 0.717) is 32.2 Å². The number of urea groups is 1. The first-order chi connectivity index (χ1) is 7.24. The lowest BCUT2D eigenvalue weighted by Crippen LogP contribution is -2.47. The molecule has 0 saturated carbocycles. The molecule has 1 unspecified atom stereocenters. The number of amides is 2. The average molecular weight is 215 g/mol. The van der Waals surface area contributed by atoms with Crippen molar-refractivity contribution in [2.75, 3.05) is 46.4 Å². The highest BCUT2D eigenvalue weighted by atomic mass is 16.5. The number of ether oxygens (including phenoxy) is 1. The van der Waals surface area contributed by atoms with Crippen LogP contribution in [0, 0.1) is 5.92 Å². The summed E-state index contributed by atoms with van der Waals surface area (Å²) in [5, 5.41) is 6.01. The first-order valence-electron chi connectivity index (χ1n) is 5.49. The van der Waals surface area contributed by atoms with Crippen molar-refractivity contribution in [3.8, 4) is 0 Å². The molecule has 0 aliphatic carbocycles. The van der Waals surface area contributed by atoms with Crippen LogP contribution in [-0.2, 0) is 4.74 Å². The van der Waals surface area contributed by atoms with Gasteiger partial charge in [-0.1, -0.05) is 6.92 Å². The predicted molar refractivity (Wildman–Crippen MR) is 58.9 cm³/mol. The van der Waals surface area contributed by atoms with Crippen LogP contribution in [0.4, 0.5) is 4.79 Å². The van der Waals surface area contributed by atoms with Gasteiger partial charge < -0.3 is 20.3 Å². The molecule has 1 atom stereocenters. The van der Waals surface area contributed by atoms with Crippen LogP contribution in [0.25, 0.3) is 0 Å². The number of hydrogen-bond acceptors (Lipinski definition) is 3. The van der Waals surface area contributed by atoms with Gasteiger partial charge in [0.15, 0.2) is 0 Å². The molecule has 1 aliphatic rings. The monoisotopic (exact) mass is 215 g/mol. The molecule has 15 heavy (non-hydrogen) atoms. The van der Waals surface area contributed by atoms with Crippen molar-refractivity contribution in [1.29, 1.82) is 0 Å². The van der Waals surface area contributed by atoms with Gasteiger partial charge in [0.05, 0.1) is 13.2 Å². The summed E-state index contributed by atoms with van der Waals surface area (Å²) in [6.07, 6.45) is 0. The Morgan fingerprint density at radius 3 is 2.67 bits per heavy atom. The van der Waals surface area contributed by atoms with Crippen LogP contribution >= 0.6 is 0 Å². The Morgan fingerprint density at radius 2 is 2.07 bits per heavy atom. The van der Waals surface area contributed by atoms with E-state index in [9.17, 15) is 4.79 Å². The third kappa shape index (κ3) is 4.48. The van der Waals surface area contributed by atoms with E-state index in [2.05, 4.69) is 17.6 Å². The zero-order chi connectivity index (χ0) is 11.1. The third-order valence-electron chi connectivity index (χ3n) is 2.45. The van der Waals surface area contributed by atoms with Crippen LogP contribution in [0.5, 0.6) is 0 Å². The Kier molecular flexibility index (Phi) is 5.42. The maximum Gasteiger partial charge on any atom is 0.317 e. The molecular formula is C10H21N3O2. The summed E-state index contributed by atoms with van der Waals surface area (Å²) >= 11 is 0. The van der Waals surface area contributed by atoms with Gasteiger partial charge in [0, 0.05) is 19.6 Å². The van der Waals surface area contributed by atoms with E-state index in [0.717, 1.165) is 13.1 Å². The highest BCUT2D eigenvalue weighted by molar-refractivity contribution is 5.74. The van der Waals surface area contributed by atoms with E-state index < -0.39 is 0 Å². The Morgan fingerprint density at radius 1 is 1.40 bits per heavy atom. The maximum atomic E-state index is 11.6. The molecule has 0 aromatic carbocycles. The standard InChI is InChI=1S/C10H21N3O2/c1-9(7-11-2)8-12-10(14)13-3-5-15-6-4-13/h9,11H,3-8H2,1-2H3,(H,12,14). The second kappa shape index (κ2) is 6.63. The van der Waals surface area contributed by atoms with Gasteiger partial charge in [-0.3, -0.25) is 0 Å². The topological polar surface area (TPSA) is 53.6 Å². The molecule has 2 N–H and O–H groups in total. The second-order valence-corrected chi connectivity index (χ2v) is 3.95. The SMILES string of the molecule is CNCC(C)CNC(=O)N1CCOCC1. The Labute approximate surface area is 91.2 Å². The lowest BCUT2D eigenvalue weighted by molar-refractivity contribution is 0.0530. The van der Waals surface area contributed by atoms with Gasteiger partial charge in [0.1, 0.15) is 0 Å².